The lowest BCUT2D eigenvalue weighted by Crippen LogP contribution is -2.15. The molecule has 0 N–H and O–H groups in total. The first-order valence-corrected chi connectivity index (χ1v) is 8.95. The van der Waals surface area contributed by atoms with Crippen LogP contribution in [0, 0.1) is 0 Å². The smallest absolute Gasteiger partial charge is 0.339 e. The Morgan fingerprint density at radius 3 is 2.41 bits per heavy atom. The number of rotatable bonds is 6. The summed E-state index contributed by atoms with van der Waals surface area (Å²) in [5.74, 6) is 0.0381. The predicted octanol–water partition coefficient (Wildman–Crippen LogP) is 4.54. The van der Waals surface area contributed by atoms with E-state index in [1.807, 2.05) is 18.2 Å². The van der Waals surface area contributed by atoms with Crippen molar-refractivity contribution in [2.75, 3.05) is 13.7 Å². The molecule has 0 aliphatic carbocycles. The summed E-state index contributed by atoms with van der Waals surface area (Å²) in [6.45, 7) is -0.368. The van der Waals surface area contributed by atoms with Crippen LogP contribution in [0.25, 0.3) is 22.6 Å². The molecule has 6 heteroatoms. The molecular formula is C23H17NO5. The van der Waals surface area contributed by atoms with Crippen molar-refractivity contribution in [2.24, 2.45) is 0 Å². The molecule has 144 valence electrons. The molecule has 1 aromatic heterocycles. The molecule has 0 fully saturated rings. The van der Waals surface area contributed by atoms with E-state index in [1.165, 1.54) is 0 Å². The van der Waals surface area contributed by atoms with Crippen molar-refractivity contribution in [3.05, 3.63) is 83.9 Å². The Kier molecular flexibility index (Phi) is 5.07. The van der Waals surface area contributed by atoms with Crippen LogP contribution in [0.4, 0.5) is 0 Å². The number of fused-ring (bicyclic) bond motifs is 1. The minimum Gasteiger partial charge on any atom is -0.497 e. The Hall–Kier alpha value is -3.93. The van der Waals surface area contributed by atoms with Crippen LogP contribution in [0.2, 0.25) is 0 Å². The number of methoxy groups -OCH3 is 1. The lowest BCUT2D eigenvalue weighted by Gasteiger charge is -2.07. The van der Waals surface area contributed by atoms with Crippen molar-refractivity contribution in [3.63, 3.8) is 0 Å². The van der Waals surface area contributed by atoms with Gasteiger partial charge in [-0.3, -0.25) is 4.79 Å². The predicted molar refractivity (Wildman–Crippen MR) is 107 cm³/mol. The van der Waals surface area contributed by atoms with E-state index in [4.69, 9.17) is 13.9 Å². The second kappa shape index (κ2) is 7.98. The van der Waals surface area contributed by atoms with E-state index in [1.54, 1.807) is 61.7 Å². The molecule has 0 atom stereocenters. The van der Waals surface area contributed by atoms with Crippen molar-refractivity contribution in [3.8, 4) is 17.2 Å². The fraction of sp³-hybridized carbons (Fsp3) is 0.0870. The van der Waals surface area contributed by atoms with Gasteiger partial charge in [0.05, 0.1) is 18.2 Å². The third-order valence-corrected chi connectivity index (χ3v) is 4.42. The first-order valence-electron chi connectivity index (χ1n) is 8.95. The number of hydrogen-bond acceptors (Lipinski definition) is 6. The van der Waals surface area contributed by atoms with Crippen LogP contribution >= 0.6 is 0 Å². The zero-order chi connectivity index (χ0) is 20.2. The summed E-state index contributed by atoms with van der Waals surface area (Å²) >= 11 is 0. The van der Waals surface area contributed by atoms with E-state index in [0.717, 1.165) is 0 Å². The lowest BCUT2D eigenvalue weighted by atomic mass is 10.1. The van der Waals surface area contributed by atoms with Gasteiger partial charge in [-0.2, -0.15) is 0 Å². The number of carbonyl (C=O) groups is 2. The number of benzene rings is 3. The van der Waals surface area contributed by atoms with Crippen LogP contribution in [0.15, 0.2) is 77.2 Å². The Morgan fingerprint density at radius 2 is 1.66 bits per heavy atom. The summed E-state index contributed by atoms with van der Waals surface area (Å²) in [6.07, 6.45) is 0. The standard InChI is InChI=1S/C23H17NO5/c1-27-16-12-10-15(11-13-16)20(25)14-28-23(26)18-7-3-2-6-17(18)22-24-19-8-4-5-9-21(19)29-22/h2-13H,14H2,1H3. The number of aromatic nitrogens is 1. The summed E-state index contributed by atoms with van der Waals surface area (Å²) < 4.78 is 16.1. The molecule has 0 aliphatic rings. The number of esters is 1. The molecule has 0 saturated carbocycles. The summed E-state index contributed by atoms with van der Waals surface area (Å²) in [5, 5.41) is 0. The number of ether oxygens (including phenoxy) is 2. The Balaban J connectivity index is 1.52. The van der Waals surface area contributed by atoms with Crippen molar-refractivity contribution in [1.29, 1.82) is 0 Å². The van der Waals surface area contributed by atoms with Gasteiger partial charge in [-0.15, -0.1) is 0 Å². The zero-order valence-electron chi connectivity index (χ0n) is 15.6. The van der Waals surface area contributed by atoms with E-state index < -0.39 is 5.97 Å². The average molecular weight is 387 g/mol. The van der Waals surface area contributed by atoms with Crippen LogP contribution in [0.5, 0.6) is 5.75 Å². The number of hydrogen-bond donors (Lipinski definition) is 0. The lowest BCUT2D eigenvalue weighted by molar-refractivity contribution is 0.0475. The Morgan fingerprint density at radius 1 is 0.931 bits per heavy atom. The van der Waals surface area contributed by atoms with Gasteiger partial charge >= 0.3 is 5.97 Å². The SMILES string of the molecule is COc1ccc(C(=O)COC(=O)c2ccccc2-c2nc3ccccc3o2)cc1. The van der Waals surface area contributed by atoms with Crippen molar-refractivity contribution in [2.45, 2.75) is 0 Å². The number of Topliss-reactive ketones (excluding diaryl/α,β-unsaturated/α-hetero) is 1. The van der Waals surface area contributed by atoms with Crippen LogP contribution in [0.1, 0.15) is 20.7 Å². The van der Waals surface area contributed by atoms with Gasteiger partial charge in [-0.1, -0.05) is 24.3 Å². The van der Waals surface area contributed by atoms with Gasteiger partial charge in [0.15, 0.2) is 18.0 Å². The molecule has 0 bridgehead atoms. The monoisotopic (exact) mass is 387 g/mol. The van der Waals surface area contributed by atoms with E-state index in [0.29, 0.717) is 33.9 Å². The van der Waals surface area contributed by atoms with E-state index >= 15 is 0 Å². The maximum absolute atomic E-state index is 12.6. The minimum atomic E-state index is -0.621. The van der Waals surface area contributed by atoms with Gasteiger partial charge in [-0.05, 0) is 48.5 Å². The number of para-hydroxylation sites is 2. The molecule has 29 heavy (non-hydrogen) atoms. The maximum Gasteiger partial charge on any atom is 0.339 e. The van der Waals surface area contributed by atoms with Crippen LogP contribution in [0.3, 0.4) is 0 Å². The first kappa shape index (κ1) is 18.4. The molecular weight excluding hydrogens is 370 g/mol. The molecule has 0 radical (unpaired) electrons. The quantitative estimate of drug-likeness (QED) is 0.357. The van der Waals surface area contributed by atoms with Gasteiger partial charge < -0.3 is 13.9 Å². The molecule has 0 aliphatic heterocycles. The van der Waals surface area contributed by atoms with Gasteiger partial charge in [-0.25, -0.2) is 9.78 Å². The summed E-state index contributed by atoms with van der Waals surface area (Å²) in [4.78, 5) is 29.4. The summed E-state index contributed by atoms with van der Waals surface area (Å²) in [7, 11) is 1.55. The first-order chi connectivity index (χ1) is 14.2. The number of nitrogens with zero attached hydrogens (tertiary/aromatic N) is 1. The third kappa shape index (κ3) is 3.87. The van der Waals surface area contributed by atoms with E-state index in [9.17, 15) is 9.59 Å². The molecule has 0 unspecified atom stereocenters. The number of carbonyl (C=O) groups excluding carboxylic acids is 2. The molecule has 0 saturated heterocycles. The molecule has 3 aromatic carbocycles. The molecule has 4 aromatic rings. The molecule has 4 rings (SSSR count). The van der Waals surface area contributed by atoms with Crippen molar-refractivity contribution >= 4 is 22.9 Å². The van der Waals surface area contributed by atoms with E-state index in [2.05, 4.69) is 4.98 Å². The van der Waals surface area contributed by atoms with Crippen LogP contribution in [-0.2, 0) is 4.74 Å². The topological polar surface area (TPSA) is 78.6 Å². The van der Waals surface area contributed by atoms with Crippen LogP contribution in [-0.4, -0.2) is 30.5 Å². The van der Waals surface area contributed by atoms with Crippen molar-refractivity contribution < 1.29 is 23.5 Å². The molecule has 0 amide bonds. The van der Waals surface area contributed by atoms with E-state index in [-0.39, 0.29) is 18.0 Å². The highest BCUT2D eigenvalue weighted by atomic mass is 16.5. The highest BCUT2D eigenvalue weighted by molar-refractivity contribution is 6.01. The second-order valence-electron chi connectivity index (χ2n) is 6.26. The van der Waals surface area contributed by atoms with Gasteiger partial charge in [0, 0.05) is 5.56 Å². The normalized spacial score (nSPS) is 10.7. The van der Waals surface area contributed by atoms with Crippen LogP contribution < -0.4 is 4.74 Å². The molecule has 0 spiro atoms. The third-order valence-electron chi connectivity index (χ3n) is 4.42. The largest absolute Gasteiger partial charge is 0.497 e. The zero-order valence-corrected chi connectivity index (χ0v) is 15.6. The fourth-order valence-electron chi connectivity index (χ4n) is 2.90. The highest BCUT2D eigenvalue weighted by Crippen LogP contribution is 2.27. The van der Waals surface area contributed by atoms with Crippen molar-refractivity contribution in [1.82, 2.24) is 4.98 Å². The maximum atomic E-state index is 12.6. The van der Waals surface area contributed by atoms with Gasteiger partial charge in [0.2, 0.25) is 5.89 Å². The Bertz CT molecular complexity index is 1140. The van der Waals surface area contributed by atoms with Gasteiger partial charge in [0.1, 0.15) is 11.3 Å². The van der Waals surface area contributed by atoms with Gasteiger partial charge in [0.25, 0.3) is 0 Å². The number of oxazole rings is 1. The minimum absolute atomic E-state index is 0.279. The highest BCUT2D eigenvalue weighted by Gasteiger charge is 2.19. The Labute approximate surface area is 166 Å². The second-order valence-corrected chi connectivity index (χ2v) is 6.26. The summed E-state index contributed by atoms with van der Waals surface area (Å²) in [5.41, 5.74) is 2.54. The fourth-order valence-corrected chi connectivity index (χ4v) is 2.90. The molecule has 1 heterocycles. The average Bonchev–Trinajstić information content (AvgIpc) is 3.21. The summed E-state index contributed by atoms with van der Waals surface area (Å²) in [6, 6.07) is 20.8. The molecule has 6 nitrogen and oxygen atoms in total. The number of ketones is 1.